The van der Waals surface area contributed by atoms with Crippen LogP contribution in [0.25, 0.3) is 0 Å². The second-order valence-corrected chi connectivity index (χ2v) is 4.43. The molecule has 0 unspecified atom stereocenters. The predicted molar refractivity (Wildman–Crippen MR) is 68.0 cm³/mol. The molecule has 1 heteroatoms. The van der Waals surface area contributed by atoms with Crippen molar-refractivity contribution in [2.75, 3.05) is 19.6 Å². The van der Waals surface area contributed by atoms with Crippen molar-refractivity contribution in [2.24, 2.45) is 0 Å². The molecule has 0 atom stereocenters. The van der Waals surface area contributed by atoms with Gasteiger partial charge in [-0.2, -0.15) is 0 Å². The third-order valence-electron chi connectivity index (χ3n) is 2.92. The van der Waals surface area contributed by atoms with E-state index in [4.69, 9.17) is 0 Å². The Kier molecular flexibility index (Phi) is 5.41. The largest absolute Gasteiger partial charge is 0.299 e. The van der Waals surface area contributed by atoms with E-state index in [1.165, 1.54) is 31.5 Å². The van der Waals surface area contributed by atoms with Gasteiger partial charge in [0.15, 0.2) is 0 Å². The summed E-state index contributed by atoms with van der Waals surface area (Å²) in [6.45, 7) is 13.6. The van der Waals surface area contributed by atoms with Crippen molar-refractivity contribution >= 4 is 0 Å². The lowest BCUT2D eigenvalue weighted by Gasteiger charge is -2.14. The lowest BCUT2D eigenvalue weighted by atomic mass is 10.1. The van der Waals surface area contributed by atoms with Crippen LogP contribution in [0, 0.1) is 0 Å². The highest BCUT2D eigenvalue weighted by molar-refractivity contribution is 5.12. The predicted octanol–water partition coefficient (Wildman–Crippen LogP) is 3.55. The number of nitrogens with zero attached hydrogens (tertiary/aromatic N) is 1. The number of rotatable bonds is 6. The maximum Gasteiger partial charge on any atom is 0.0190 e. The molecule has 1 heterocycles. The van der Waals surface area contributed by atoms with Gasteiger partial charge in [-0.05, 0) is 45.7 Å². The highest BCUT2D eigenvalue weighted by Gasteiger charge is 2.10. The van der Waals surface area contributed by atoms with Crippen LogP contribution in [-0.2, 0) is 0 Å². The van der Waals surface area contributed by atoms with Gasteiger partial charge in [0, 0.05) is 6.54 Å². The summed E-state index contributed by atoms with van der Waals surface area (Å²) >= 11 is 0. The van der Waals surface area contributed by atoms with Crippen molar-refractivity contribution < 1.29 is 0 Å². The van der Waals surface area contributed by atoms with Gasteiger partial charge in [0.05, 0.1) is 0 Å². The lowest BCUT2D eigenvalue weighted by Crippen LogP contribution is -2.21. The van der Waals surface area contributed by atoms with E-state index < -0.39 is 0 Å². The van der Waals surface area contributed by atoms with Crippen LogP contribution in [0.1, 0.15) is 32.6 Å². The summed E-state index contributed by atoms with van der Waals surface area (Å²) in [7, 11) is 0. The molecule has 0 aromatic rings. The van der Waals surface area contributed by atoms with Gasteiger partial charge in [-0.15, -0.1) is 0 Å². The molecule has 1 nitrogen and oxygen atoms in total. The molecule has 0 bridgehead atoms. The zero-order chi connectivity index (χ0) is 11.1. The van der Waals surface area contributed by atoms with Crippen LogP contribution in [-0.4, -0.2) is 24.5 Å². The fourth-order valence-corrected chi connectivity index (χ4v) is 1.96. The van der Waals surface area contributed by atoms with Crippen molar-refractivity contribution in [2.45, 2.75) is 32.6 Å². The van der Waals surface area contributed by atoms with Gasteiger partial charge in [0.2, 0.25) is 0 Å². The Morgan fingerprint density at radius 1 is 1.33 bits per heavy atom. The third-order valence-corrected chi connectivity index (χ3v) is 2.92. The van der Waals surface area contributed by atoms with Gasteiger partial charge in [-0.3, -0.25) is 4.90 Å². The Morgan fingerprint density at radius 2 is 2.00 bits per heavy atom. The summed E-state index contributed by atoms with van der Waals surface area (Å²) in [5.41, 5.74) is 2.63. The van der Waals surface area contributed by atoms with Crippen molar-refractivity contribution in [3.8, 4) is 0 Å². The second kappa shape index (κ2) is 6.62. The Hall–Kier alpha value is -0.820. The monoisotopic (exact) mass is 205 g/mol. The molecule has 0 aromatic heterocycles. The quantitative estimate of drug-likeness (QED) is 0.473. The number of allylic oxidation sites excluding steroid dienone is 3. The summed E-state index contributed by atoms with van der Waals surface area (Å²) in [6.07, 6.45) is 9.09. The van der Waals surface area contributed by atoms with Gasteiger partial charge in [0.1, 0.15) is 0 Å². The molecule has 1 aliphatic rings. The standard InChI is InChI=1S/C14H23N/c1-4-13(2)8-7-9-14(3)12-15-10-5-6-11-15/h4,9H,1-2,5-8,10-12H2,3H3/b14-9-. The number of likely N-dealkylation sites (tertiary alicyclic amines) is 1. The Morgan fingerprint density at radius 3 is 2.60 bits per heavy atom. The molecule has 1 rings (SSSR count). The summed E-state index contributed by atoms with van der Waals surface area (Å²) in [6, 6.07) is 0. The molecule has 15 heavy (non-hydrogen) atoms. The van der Waals surface area contributed by atoms with Crippen molar-refractivity contribution in [1.82, 2.24) is 4.90 Å². The van der Waals surface area contributed by atoms with Crippen molar-refractivity contribution in [3.63, 3.8) is 0 Å². The van der Waals surface area contributed by atoms with Gasteiger partial charge in [-0.1, -0.05) is 36.5 Å². The van der Waals surface area contributed by atoms with Crippen LogP contribution in [0.4, 0.5) is 0 Å². The molecular formula is C14H23N. The van der Waals surface area contributed by atoms with E-state index in [0.29, 0.717) is 0 Å². The van der Waals surface area contributed by atoms with E-state index in [1.54, 1.807) is 0 Å². The maximum atomic E-state index is 3.92. The van der Waals surface area contributed by atoms with Crippen molar-refractivity contribution in [1.29, 1.82) is 0 Å². The molecule has 0 aliphatic carbocycles. The van der Waals surface area contributed by atoms with E-state index in [2.05, 4.69) is 31.1 Å². The molecule has 0 radical (unpaired) electrons. The average Bonchev–Trinajstić information content (AvgIpc) is 2.70. The van der Waals surface area contributed by atoms with E-state index in [-0.39, 0.29) is 0 Å². The third kappa shape index (κ3) is 4.98. The summed E-state index contributed by atoms with van der Waals surface area (Å²) < 4.78 is 0. The molecule has 0 amide bonds. The van der Waals surface area contributed by atoms with E-state index in [0.717, 1.165) is 25.0 Å². The lowest BCUT2D eigenvalue weighted by molar-refractivity contribution is 0.368. The van der Waals surface area contributed by atoms with Gasteiger partial charge in [0.25, 0.3) is 0 Å². The smallest absolute Gasteiger partial charge is 0.0190 e. The van der Waals surface area contributed by atoms with Crippen LogP contribution in [0.5, 0.6) is 0 Å². The van der Waals surface area contributed by atoms with Crippen LogP contribution < -0.4 is 0 Å². The van der Waals surface area contributed by atoms with Gasteiger partial charge >= 0.3 is 0 Å². The molecule has 1 fully saturated rings. The van der Waals surface area contributed by atoms with E-state index >= 15 is 0 Å². The molecule has 0 N–H and O–H groups in total. The Labute approximate surface area is 94.2 Å². The Bertz CT molecular complexity index is 244. The zero-order valence-corrected chi connectivity index (χ0v) is 9.97. The minimum atomic E-state index is 1.04. The summed E-state index contributed by atoms with van der Waals surface area (Å²) in [5.74, 6) is 0. The van der Waals surface area contributed by atoms with Gasteiger partial charge in [-0.25, -0.2) is 0 Å². The molecule has 0 spiro atoms. The fourth-order valence-electron chi connectivity index (χ4n) is 1.96. The highest BCUT2D eigenvalue weighted by Crippen LogP contribution is 2.11. The summed E-state index contributed by atoms with van der Waals surface area (Å²) in [5, 5.41) is 0. The molecule has 84 valence electrons. The van der Waals surface area contributed by atoms with Crippen LogP contribution in [0.3, 0.4) is 0 Å². The Balaban J connectivity index is 2.20. The summed E-state index contributed by atoms with van der Waals surface area (Å²) in [4.78, 5) is 2.54. The van der Waals surface area contributed by atoms with Crippen LogP contribution in [0.2, 0.25) is 0 Å². The number of hydrogen-bond donors (Lipinski definition) is 0. The average molecular weight is 205 g/mol. The first-order valence-electron chi connectivity index (χ1n) is 5.90. The molecule has 1 aliphatic heterocycles. The fraction of sp³-hybridized carbons (Fsp3) is 0.571. The zero-order valence-electron chi connectivity index (χ0n) is 9.97. The second-order valence-electron chi connectivity index (χ2n) is 4.43. The maximum absolute atomic E-state index is 3.92. The first kappa shape index (κ1) is 12.3. The normalized spacial score (nSPS) is 18.1. The SMILES string of the molecule is C=CC(=C)CC/C=C(/C)CN1CCCC1. The van der Waals surface area contributed by atoms with Gasteiger partial charge < -0.3 is 0 Å². The molecule has 0 aromatic carbocycles. The number of hydrogen-bond acceptors (Lipinski definition) is 1. The van der Waals surface area contributed by atoms with E-state index in [9.17, 15) is 0 Å². The van der Waals surface area contributed by atoms with Crippen LogP contribution >= 0.6 is 0 Å². The van der Waals surface area contributed by atoms with Crippen LogP contribution in [0.15, 0.2) is 36.5 Å². The molecule has 0 saturated carbocycles. The minimum absolute atomic E-state index is 1.04. The highest BCUT2D eigenvalue weighted by atomic mass is 15.1. The molecule has 1 saturated heterocycles. The first-order chi connectivity index (χ1) is 7.22. The first-order valence-corrected chi connectivity index (χ1v) is 5.90. The topological polar surface area (TPSA) is 3.24 Å². The molecular weight excluding hydrogens is 182 g/mol. The van der Waals surface area contributed by atoms with E-state index in [1.807, 2.05) is 6.08 Å². The van der Waals surface area contributed by atoms with Crippen molar-refractivity contribution in [3.05, 3.63) is 36.5 Å². The minimum Gasteiger partial charge on any atom is -0.299 e.